The van der Waals surface area contributed by atoms with E-state index in [9.17, 15) is 31.4 Å². The summed E-state index contributed by atoms with van der Waals surface area (Å²) in [5, 5.41) is 15.0. The zero-order chi connectivity index (χ0) is 31.4. The van der Waals surface area contributed by atoms with Crippen LogP contribution < -0.4 is 5.32 Å². The summed E-state index contributed by atoms with van der Waals surface area (Å²) in [6.07, 6.45) is -6.69. The summed E-state index contributed by atoms with van der Waals surface area (Å²) in [4.78, 5) is 3.39. The smallest absolute Gasteiger partial charge is 0.387 e. The maximum atomic E-state index is 13.8. The first-order valence-electron chi connectivity index (χ1n) is 15.8. The number of alkyl halides is 6. The van der Waals surface area contributed by atoms with Crippen LogP contribution in [0.25, 0.3) is 10.9 Å². The summed E-state index contributed by atoms with van der Waals surface area (Å²) < 4.78 is 82.9. The maximum Gasteiger partial charge on any atom is 0.433 e. The largest absolute Gasteiger partial charge is 0.433 e. The first-order chi connectivity index (χ1) is 19.8. The minimum atomic E-state index is -4.96. The van der Waals surface area contributed by atoms with Gasteiger partial charge in [0.15, 0.2) is 0 Å². The average molecular weight is 611 g/mol. The van der Waals surface area contributed by atoms with Crippen molar-refractivity contribution in [1.82, 2.24) is 10.3 Å². The molecule has 0 radical (unpaired) electrons. The van der Waals surface area contributed by atoms with Gasteiger partial charge in [-0.25, -0.2) is 4.98 Å². The summed E-state index contributed by atoms with van der Waals surface area (Å²) >= 11 is 0. The zero-order valence-electron chi connectivity index (χ0n) is 25.8. The Morgan fingerprint density at radius 3 is 1.84 bits per heavy atom. The van der Waals surface area contributed by atoms with Crippen LogP contribution in [0.5, 0.6) is 0 Å². The number of aliphatic hydroxyl groups excluding tert-OH is 1. The number of halogens is 6. The van der Waals surface area contributed by atoms with E-state index >= 15 is 0 Å². The Kier molecular flexibility index (Phi) is 7.29. The van der Waals surface area contributed by atoms with Gasteiger partial charge in [0.25, 0.3) is 0 Å². The van der Waals surface area contributed by atoms with Crippen LogP contribution in [0.1, 0.15) is 90.2 Å². The molecule has 43 heavy (non-hydrogen) atoms. The number of benzene rings is 1. The highest BCUT2D eigenvalue weighted by molar-refractivity contribution is 5.86. The number of hydrogen-bond acceptors (Lipinski definition) is 3. The zero-order valence-corrected chi connectivity index (χ0v) is 25.8. The topological polar surface area (TPSA) is 45.1 Å². The lowest BCUT2D eigenvalue weighted by Crippen LogP contribution is -2.64. The molecule has 2 aromatic rings. The van der Waals surface area contributed by atoms with E-state index in [0.717, 1.165) is 25.0 Å². The Bertz CT molecular complexity index is 1340. The molecule has 3 nitrogen and oxygen atoms in total. The molecule has 6 aliphatic rings. The molecular weight excluding hydrogens is 566 g/mol. The molecule has 2 N–H and O–H groups in total. The van der Waals surface area contributed by atoms with Crippen LogP contribution in [-0.2, 0) is 12.4 Å². The van der Waals surface area contributed by atoms with Crippen molar-refractivity contribution in [2.45, 2.75) is 91.7 Å². The van der Waals surface area contributed by atoms with E-state index in [1.165, 1.54) is 18.9 Å². The van der Waals surface area contributed by atoms with Gasteiger partial charge in [-0.05, 0) is 102 Å². The molecule has 1 aromatic heterocycles. The van der Waals surface area contributed by atoms with Gasteiger partial charge >= 0.3 is 12.4 Å². The first-order valence-corrected chi connectivity index (χ1v) is 15.8. The van der Waals surface area contributed by atoms with Crippen LogP contribution in [0.4, 0.5) is 26.3 Å². The molecule has 9 atom stereocenters. The van der Waals surface area contributed by atoms with Crippen molar-refractivity contribution in [3.63, 3.8) is 0 Å². The quantitative estimate of drug-likeness (QED) is 0.321. The third-order valence-corrected chi connectivity index (χ3v) is 13.1. The molecule has 0 aliphatic heterocycles. The molecule has 1 heterocycles. The van der Waals surface area contributed by atoms with Gasteiger partial charge in [-0.1, -0.05) is 53.7 Å². The lowest BCUT2D eigenvalue weighted by molar-refractivity contribution is -0.168. The summed E-state index contributed by atoms with van der Waals surface area (Å²) in [5.41, 5.74) is -3.07. The Morgan fingerprint density at radius 2 is 1.40 bits per heavy atom. The molecule has 9 unspecified atom stereocenters. The van der Waals surface area contributed by atoms with Gasteiger partial charge in [0.05, 0.1) is 17.2 Å². The highest BCUT2D eigenvalue weighted by Gasteiger charge is 2.61. The average Bonchev–Trinajstić information content (AvgIpc) is 2.91. The molecule has 6 fully saturated rings. The summed E-state index contributed by atoms with van der Waals surface area (Å²) in [6, 6.07) is 3.98. The second-order valence-electron chi connectivity index (χ2n) is 15.5. The van der Waals surface area contributed by atoms with E-state index in [4.69, 9.17) is 0 Å². The van der Waals surface area contributed by atoms with Crippen molar-refractivity contribution < 1.29 is 31.4 Å². The van der Waals surface area contributed by atoms with Crippen molar-refractivity contribution in [3.8, 4) is 0 Å². The molecule has 0 spiro atoms. The third kappa shape index (κ3) is 4.90. The highest BCUT2D eigenvalue weighted by Crippen LogP contribution is 2.67. The SMILES string of the molecule is CC1C(C(NCC(O)c2cc(C(F)(F)F)nc3c(C(F)(F)F)cccc23)C2CC3CC(C2C)C3(C)C)CC2CC1C2(C)C. The number of rotatable bonds is 6. The second-order valence-corrected chi connectivity index (χ2v) is 15.5. The van der Waals surface area contributed by atoms with E-state index in [-0.39, 0.29) is 23.5 Å². The van der Waals surface area contributed by atoms with Crippen molar-refractivity contribution in [1.29, 1.82) is 0 Å². The first kappa shape index (κ1) is 31.1. The number of fused-ring (bicyclic) bond motifs is 5. The molecule has 1 aromatic carbocycles. The molecule has 238 valence electrons. The van der Waals surface area contributed by atoms with Gasteiger partial charge in [0, 0.05) is 18.0 Å². The van der Waals surface area contributed by atoms with E-state index in [1.54, 1.807) is 0 Å². The van der Waals surface area contributed by atoms with Crippen molar-refractivity contribution in [2.24, 2.45) is 58.2 Å². The van der Waals surface area contributed by atoms with Crippen LogP contribution in [0.2, 0.25) is 0 Å². The van der Waals surface area contributed by atoms with Crippen molar-refractivity contribution in [2.75, 3.05) is 6.54 Å². The fourth-order valence-corrected chi connectivity index (χ4v) is 10.2. The van der Waals surface area contributed by atoms with E-state index in [1.807, 2.05) is 0 Å². The number of aromatic nitrogens is 1. The number of nitrogens with zero attached hydrogens (tertiary/aromatic N) is 1. The molecule has 8 rings (SSSR count). The van der Waals surface area contributed by atoms with E-state index < -0.39 is 35.2 Å². The Labute approximate surface area is 250 Å². The second kappa shape index (κ2) is 10.1. The Balaban J connectivity index is 1.33. The number of para-hydroxylation sites is 1. The molecule has 9 heteroatoms. The van der Waals surface area contributed by atoms with Gasteiger partial charge in [-0.3, -0.25) is 0 Å². The van der Waals surface area contributed by atoms with Gasteiger partial charge < -0.3 is 10.4 Å². The Morgan fingerprint density at radius 1 is 0.860 bits per heavy atom. The fourth-order valence-electron chi connectivity index (χ4n) is 10.2. The summed E-state index contributed by atoms with van der Waals surface area (Å²) in [7, 11) is 0. The van der Waals surface area contributed by atoms with Crippen molar-refractivity contribution in [3.05, 3.63) is 41.1 Å². The van der Waals surface area contributed by atoms with Gasteiger partial charge in [0.1, 0.15) is 5.69 Å². The minimum absolute atomic E-state index is 0.0405. The minimum Gasteiger partial charge on any atom is -0.387 e. The molecule has 6 saturated carbocycles. The van der Waals surface area contributed by atoms with Gasteiger partial charge in [-0.15, -0.1) is 0 Å². The monoisotopic (exact) mass is 610 g/mol. The third-order valence-electron chi connectivity index (χ3n) is 13.1. The Hall–Kier alpha value is -1.87. The predicted molar refractivity (Wildman–Crippen MR) is 154 cm³/mol. The molecule has 0 amide bonds. The van der Waals surface area contributed by atoms with Crippen LogP contribution >= 0.6 is 0 Å². The van der Waals surface area contributed by atoms with E-state index in [2.05, 4.69) is 51.8 Å². The number of hydrogen-bond donors (Lipinski definition) is 2. The van der Waals surface area contributed by atoms with Gasteiger partial charge in [-0.2, -0.15) is 26.3 Å². The van der Waals surface area contributed by atoms with Crippen LogP contribution in [0.3, 0.4) is 0 Å². The number of nitrogens with one attached hydrogen (secondary N) is 1. The number of aliphatic hydroxyl groups is 1. The van der Waals surface area contributed by atoms with Crippen LogP contribution in [0, 0.1) is 58.2 Å². The summed E-state index contributed by atoms with van der Waals surface area (Å²) in [6.45, 7) is 14.0. The standard InChI is InChI=1S/C34H44F6N2O/c1-16-21(10-18-12-25(16)31(18,3)4)29(22-11-19-13-26(17(22)2)32(19,5)6)41-15-27(43)23-14-28(34(38,39)40)42-30-20(23)8-7-9-24(30)33(35,36)37/h7-9,14,16-19,21-22,25-27,29,41,43H,10-13,15H2,1-6H3. The van der Waals surface area contributed by atoms with Gasteiger partial charge in [0.2, 0.25) is 0 Å². The molecule has 4 bridgehead atoms. The lowest BCUT2D eigenvalue weighted by atomic mass is 9.39. The highest BCUT2D eigenvalue weighted by atomic mass is 19.4. The molecule has 0 saturated heterocycles. The summed E-state index contributed by atoms with van der Waals surface area (Å²) in [5.74, 6) is 4.11. The van der Waals surface area contributed by atoms with Crippen LogP contribution in [0.15, 0.2) is 24.3 Å². The van der Waals surface area contributed by atoms with Crippen molar-refractivity contribution >= 4 is 10.9 Å². The lowest BCUT2D eigenvalue weighted by Gasteiger charge is -2.67. The van der Waals surface area contributed by atoms with E-state index in [0.29, 0.717) is 64.2 Å². The normalized spacial score (nSPS) is 36.0. The number of pyridine rings is 1. The molecule has 6 aliphatic carbocycles. The van der Waals surface area contributed by atoms with Crippen LogP contribution in [-0.4, -0.2) is 22.7 Å². The fraction of sp³-hybridized carbons (Fsp3) is 0.735. The predicted octanol–water partition coefficient (Wildman–Crippen LogP) is 8.90. The molecular formula is C34H44F6N2O. The maximum absolute atomic E-state index is 13.8.